The Balaban J connectivity index is 0.00000196. The summed E-state index contributed by atoms with van der Waals surface area (Å²) in [5, 5.41) is 2.79. The number of alkyl halides is 3. The molecule has 0 heterocycles. The number of hydrogen-bond acceptors (Lipinski definition) is 1. The smallest absolute Gasteiger partial charge is 0.382 e. The predicted molar refractivity (Wildman–Crippen MR) is 57.4 cm³/mol. The van der Waals surface area contributed by atoms with Crippen LogP contribution in [0, 0.1) is 0 Å². The number of rotatable bonds is 3. The van der Waals surface area contributed by atoms with E-state index in [9.17, 15) is 13.2 Å². The van der Waals surface area contributed by atoms with E-state index in [4.69, 9.17) is 0 Å². The van der Waals surface area contributed by atoms with Crippen LogP contribution in [0.4, 0.5) is 18.9 Å². The second-order valence-corrected chi connectivity index (χ2v) is 2.75. The third-order valence-corrected chi connectivity index (χ3v) is 1.64. The van der Waals surface area contributed by atoms with Crippen molar-refractivity contribution in [3.05, 3.63) is 42.5 Å². The van der Waals surface area contributed by atoms with E-state index in [-0.39, 0.29) is 12.4 Å². The highest BCUT2D eigenvalue weighted by atomic mass is 35.5. The van der Waals surface area contributed by atoms with Crippen molar-refractivity contribution in [2.24, 2.45) is 0 Å². The van der Waals surface area contributed by atoms with Crippen LogP contribution in [0.1, 0.15) is 5.56 Å². The lowest BCUT2D eigenvalue weighted by Gasteiger charge is -2.09. The van der Waals surface area contributed by atoms with Gasteiger partial charge in [0.2, 0.25) is 0 Å². The maximum Gasteiger partial charge on any atom is 0.416 e. The van der Waals surface area contributed by atoms with Crippen LogP contribution < -0.4 is 5.32 Å². The van der Waals surface area contributed by atoms with Crippen molar-refractivity contribution in [2.75, 3.05) is 11.9 Å². The number of hydrogen-bond donors (Lipinski definition) is 1. The van der Waals surface area contributed by atoms with Gasteiger partial charge >= 0.3 is 6.18 Å². The number of anilines is 1. The zero-order chi connectivity index (χ0) is 10.6. The summed E-state index contributed by atoms with van der Waals surface area (Å²) in [4.78, 5) is 0. The molecule has 1 aromatic rings. The van der Waals surface area contributed by atoms with E-state index in [1.807, 2.05) is 0 Å². The normalized spacial score (nSPS) is 10.3. The van der Waals surface area contributed by atoms with Crippen LogP contribution in [0.25, 0.3) is 0 Å². The Labute approximate surface area is 92.4 Å². The monoisotopic (exact) mass is 237 g/mol. The Morgan fingerprint density at radius 2 is 2.00 bits per heavy atom. The molecule has 0 aromatic heterocycles. The molecule has 0 saturated heterocycles. The lowest BCUT2D eigenvalue weighted by atomic mass is 10.2. The van der Waals surface area contributed by atoms with Crippen molar-refractivity contribution in [3.63, 3.8) is 0 Å². The van der Waals surface area contributed by atoms with E-state index in [2.05, 4.69) is 11.9 Å². The summed E-state index contributed by atoms with van der Waals surface area (Å²) in [6.07, 6.45) is -2.70. The van der Waals surface area contributed by atoms with E-state index in [0.29, 0.717) is 12.2 Å². The topological polar surface area (TPSA) is 12.0 Å². The Bertz CT molecular complexity index is 323. The van der Waals surface area contributed by atoms with Gasteiger partial charge in [-0.3, -0.25) is 0 Å². The van der Waals surface area contributed by atoms with Gasteiger partial charge in [-0.2, -0.15) is 13.2 Å². The largest absolute Gasteiger partial charge is 0.416 e. The molecule has 0 fully saturated rings. The molecule has 0 aliphatic heterocycles. The maximum absolute atomic E-state index is 12.2. The third-order valence-electron chi connectivity index (χ3n) is 1.64. The first-order valence-electron chi connectivity index (χ1n) is 4.06. The first-order valence-corrected chi connectivity index (χ1v) is 4.06. The van der Waals surface area contributed by atoms with Crippen LogP contribution in [-0.4, -0.2) is 6.54 Å². The molecule has 0 atom stereocenters. The molecular weight excluding hydrogens is 227 g/mol. The van der Waals surface area contributed by atoms with Crippen LogP contribution >= 0.6 is 12.4 Å². The summed E-state index contributed by atoms with van der Waals surface area (Å²) in [7, 11) is 0. The molecule has 1 rings (SSSR count). The fourth-order valence-electron chi connectivity index (χ4n) is 0.996. The molecule has 0 spiro atoms. The summed E-state index contributed by atoms with van der Waals surface area (Å²) in [6.45, 7) is 3.91. The van der Waals surface area contributed by atoms with Crippen LogP contribution in [-0.2, 0) is 6.18 Å². The van der Waals surface area contributed by atoms with E-state index in [0.717, 1.165) is 12.1 Å². The summed E-state index contributed by atoms with van der Waals surface area (Å²) < 4.78 is 36.7. The first kappa shape index (κ1) is 13.8. The predicted octanol–water partition coefficient (Wildman–Crippen LogP) is 3.73. The standard InChI is InChI=1S/C10H10F3N.ClH/c1-2-6-14-9-5-3-4-8(7-9)10(11,12)13;/h2-5,7,14H,1,6H2;1H. The Hall–Kier alpha value is -1.16. The summed E-state index contributed by atoms with van der Waals surface area (Å²) >= 11 is 0. The van der Waals surface area contributed by atoms with Crippen LogP contribution in [0.3, 0.4) is 0 Å². The molecule has 1 nitrogen and oxygen atoms in total. The molecule has 0 radical (unpaired) electrons. The number of nitrogens with one attached hydrogen (secondary N) is 1. The van der Waals surface area contributed by atoms with Gasteiger partial charge in [0.25, 0.3) is 0 Å². The molecule has 0 unspecified atom stereocenters. The molecule has 0 aliphatic carbocycles. The van der Waals surface area contributed by atoms with Crippen LogP contribution in [0.5, 0.6) is 0 Å². The highest BCUT2D eigenvalue weighted by Crippen LogP contribution is 2.30. The second kappa shape index (κ2) is 5.66. The summed E-state index contributed by atoms with van der Waals surface area (Å²) in [6, 6.07) is 5.07. The minimum atomic E-state index is -4.29. The van der Waals surface area contributed by atoms with Crippen LogP contribution in [0.15, 0.2) is 36.9 Å². The van der Waals surface area contributed by atoms with E-state index >= 15 is 0 Å². The van der Waals surface area contributed by atoms with Crippen molar-refractivity contribution in [1.82, 2.24) is 0 Å². The minimum Gasteiger partial charge on any atom is -0.382 e. The zero-order valence-corrected chi connectivity index (χ0v) is 8.66. The van der Waals surface area contributed by atoms with E-state index < -0.39 is 11.7 Å². The average molecular weight is 238 g/mol. The molecular formula is C10H11ClF3N. The summed E-state index contributed by atoms with van der Waals surface area (Å²) in [5.41, 5.74) is -0.203. The van der Waals surface area contributed by atoms with Crippen molar-refractivity contribution in [3.8, 4) is 0 Å². The van der Waals surface area contributed by atoms with Crippen molar-refractivity contribution < 1.29 is 13.2 Å². The highest BCUT2D eigenvalue weighted by molar-refractivity contribution is 5.85. The molecule has 15 heavy (non-hydrogen) atoms. The molecule has 0 amide bonds. The Kier molecular flexibility index (Phi) is 5.22. The van der Waals surface area contributed by atoms with Crippen molar-refractivity contribution in [1.29, 1.82) is 0 Å². The quantitative estimate of drug-likeness (QED) is 0.790. The van der Waals surface area contributed by atoms with Gasteiger partial charge in [-0.25, -0.2) is 0 Å². The Morgan fingerprint density at radius 1 is 1.33 bits per heavy atom. The summed E-state index contributed by atoms with van der Waals surface area (Å²) in [5.74, 6) is 0. The van der Waals surface area contributed by atoms with Gasteiger partial charge < -0.3 is 5.32 Å². The average Bonchev–Trinajstić information content (AvgIpc) is 2.14. The van der Waals surface area contributed by atoms with Gasteiger partial charge in [-0.15, -0.1) is 19.0 Å². The molecule has 0 bridgehead atoms. The lowest BCUT2D eigenvalue weighted by molar-refractivity contribution is -0.137. The number of halogens is 4. The number of benzene rings is 1. The van der Waals surface area contributed by atoms with Gasteiger partial charge in [0.15, 0.2) is 0 Å². The third kappa shape index (κ3) is 4.25. The van der Waals surface area contributed by atoms with Crippen LogP contribution in [0.2, 0.25) is 0 Å². The van der Waals surface area contributed by atoms with Gasteiger partial charge in [-0.05, 0) is 18.2 Å². The van der Waals surface area contributed by atoms with Gasteiger partial charge in [0.05, 0.1) is 5.56 Å². The molecule has 5 heteroatoms. The van der Waals surface area contributed by atoms with E-state index in [1.54, 1.807) is 12.1 Å². The first-order chi connectivity index (χ1) is 6.54. The van der Waals surface area contributed by atoms with Crippen molar-refractivity contribution >= 4 is 18.1 Å². The maximum atomic E-state index is 12.2. The SMILES string of the molecule is C=CCNc1cccc(C(F)(F)F)c1.Cl. The van der Waals surface area contributed by atoms with E-state index in [1.165, 1.54) is 6.07 Å². The molecule has 1 N–H and O–H groups in total. The van der Waals surface area contributed by atoms with Gasteiger partial charge in [0.1, 0.15) is 0 Å². The molecule has 1 aromatic carbocycles. The Morgan fingerprint density at radius 3 is 2.53 bits per heavy atom. The fourth-order valence-corrected chi connectivity index (χ4v) is 0.996. The minimum absolute atomic E-state index is 0. The molecule has 0 saturated carbocycles. The highest BCUT2D eigenvalue weighted by Gasteiger charge is 2.30. The lowest BCUT2D eigenvalue weighted by Crippen LogP contribution is -2.06. The molecule has 84 valence electrons. The molecule has 0 aliphatic rings. The zero-order valence-electron chi connectivity index (χ0n) is 7.84. The van der Waals surface area contributed by atoms with Gasteiger partial charge in [0, 0.05) is 12.2 Å². The van der Waals surface area contributed by atoms with Crippen molar-refractivity contribution in [2.45, 2.75) is 6.18 Å². The second-order valence-electron chi connectivity index (χ2n) is 2.75. The van der Waals surface area contributed by atoms with Gasteiger partial charge in [-0.1, -0.05) is 12.1 Å². The fraction of sp³-hybridized carbons (Fsp3) is 0.200.